The van der Waals surface area contributed by atoms with E-state index in [1.807, 2.05) is 18.2 Å². The van der Waals surface area contributed by atoms with Gasteiger partial charge >= 0.3 is 0 Å². The third kappa shape index (κ3) is 1.74. The molecule has 1 atom stereocenters. The minimum atomic E-state index is -0.370. The fraction of sp³-hybridized carbons (Fsp3) is 0.455. The van der Waals surface area contributed by atoms with Gasteiger partial charge in [0.1, 0.15) is 6.61 Å². The van der Waals surface area contributed by atoms with Crippen molar-refractivity contribution in [2.75, 3.05) is 0 Å². The molecule has 0 saturated heterocycles. The van der Waals surface area contributed by atoms with Crippen LogP contribution in [0.15, 0.2) is 18.2 Å². The van der Waals surface area contributed by atoms with Crippen LogP contribution in [0.25, 0.3) is 0 Å². The van der Waals surface area contributed by atoms with Crippen molar-refractivity contribution in [3.8, 4) is 5.75 Å². The standard InChI is InChI=1S/C11H14O3/c1-2-3-10(12)8-4-5-11-9(6-8)7-13-14-11/h4-6,10,12H,2-3,7H2,1H3. The van der Waals surface area contributed by atoms with E-state index < -0.39 is 0 Å². The average molecular weight is 194 g/mol. The molecule has 0 radical (unpaired) electrons. The van der Waals surface area contributed by atoms with Crippen molar-refractivity contribution in [3.63, 3.8) is 0 Å². The van der Waals surface area contributed by atoms with Crippen molar-refractivity contribution in [2.24, 2.45) is 0 Å². The van der Waals surface area contributed by atoms with Crippen molar-refractivity contribution < 1.29 is 14.9 Å². The van der Waals surface area contributed by atoms with Gasteiger partial charge in [-0.2, -0.15) is 4.89 Å². The van der Waals surface area contributed by atoms with E-state index in [0.717, 1.165) is 29.7 Å². The van der Waals surface area contributed by atoms with E-state index in [0.29, 0.717) is 6.61 Å². The fourth-order valence-electron chi connectivity index (χ4n) is 1.60. The summed E-state index contributed by atoms with van der Waals surface area (Å²) in [4.78, 5) is 9.74. The Bertz CT molecular complexity index is 322. The summed E-state index contributed by atoms with van der Waals surface area (Å²) in [7, 11) is 0. The third-order valence-electron chi connectivity index (χ3n) is 2.39. The number of hydrogen-bond acceptors (Lipinski definition) is 3. The maximum Gasteiger partial charge on any atom is 0.171 e. The Labute approximate surface area is 83.2 Å². The number of benzene rings is 1. The predicted octanol–water partition coefficient (Wildman–Crippen LogP) is 2.34. The molecule has 1 aliphatic heterocycles. The molecular weight excluding hydrogens is 180 g/mol. The monoisotopic (exact) mass is 194 g/mol. The highest BCUT2D eigenvalue weighted by Crippen LogP contribution is 2.29. The minimum Gasteiger partial charge on any atom is -0.388 e. The molecule has 0 fully saturated rings. The third-order valence-corrected chi connectivity index (χ3v) is 2.39. The molecule has 0 aliphatic carbocycles. The number of aliphatic hydroxyl groups is 1. The molecule has 1 N–H and O–H groups in total. The molecule has 1 unspecified atom stereocenters. The van der Waals surface area contributed by atoms with E-state index in [9.17, 15) is 5.11 Å². The maximum atomic E-state index is 9.77. The van der Waals surface area contributed by atoms with Crippen molar-refractivity contribution in [1.82, 2.24) is 0 Å². The molecule has 3 heteroatoms. The van der Waals surface area contributed by atoms with Crippen LogP contribution in [0.3, 0.4) is 0 Å². The molecule has 3 nitrogen and oxygen atoms in total. The Morgan fingerprint density at radius 3 is 3.14 bits per heavy atom. The highest BCUT2D eigenvalue weighted by molar-refractivity contribution is 5.38. The lowest BCUT2D eigenvalue weighted by Crippen LogP contribution is -1.96. The van der Waals surface area contributed by atoms with Gasteiger partial charge in [0.15, 0.2) is 5.75 Å². The van der Waals surface area contributed by atoms with Gasteiger partial charge in [-0.15, -0.1) is 0 Å². The van der Waals surface area contributed by atoms with Crippen LogP contribution >= 0.6 is 0 Å². The van der Waals surface area contributed by atoms with Crippen LogP contribution < -0.4 is 4.89 Å². The Morgan fingerprint density at radius 2 is 2.36 bits per heavy atom. The van der Waals surface area contributed by atoms with Gasteiger partial charge in [-0.3, -0.25) is 0 Å². The van der Waals surface area contributed by atoms with E-state index in [4.69, 9.17) is 9.78 Å². The van der Waals surface area contributed by atoms with Gasteiger partial charge in [0.25, 0.3) is 0 Å². The van der Waals surface area contributed by atoms with Crippen LogP contribution in [0.4, 0.5) is 0 Å². The Balaban J connectivity index is 2.19. The summed E-state index contributed by atoms with van der Waals surface area (Å²) < 4.78 is 0. The SMILES string of the molecule is CCCC(O)c1ccc2c(c1)COO2. The van der Waals surface area contributed by atoms with Crippen LogP contribution in [0.2, 0.25) is 0 Å². The van der Waals surface area contributed by atoms with Crippen LogP contribution in [-0.4, -0.2) is 5.11 Å². The molecule has 1 heterocycles. The lowest BCUT2D eigenvalue weighted by Gasteiger charge is -2.09. The van der Waals surface area contributed by atoms with Gasteiger partial charge in [-0.1, -0.05) is 19.4 Å². The molecule has 2 rings (SSSR count). The number of hydrogen-bond donors (Lipinski definition) is 1. The molecule has 0 saturated carbocycles. The maximum absolute atomic E-state index is 9.77. The summed E-state index contributed by atoms with van der Waals surface area (Å²) in [6, 6.07) is 5.67. The summed E-state index contributed by atoms with van der Waals surface area (Å²) in [6.07, 6.45) is 1.40. The van der Waals surface area contributed by atoms with Gasteiger partial charge in [0.2, 0.25) is 0 Å². The Hall–Kier alpha value is -1.06. The van der Waals surface area contributed by atoms with Crippen molar-refractivity contribution in [2.45, 2.75) is 32.5 Å². The van der Waals surface area contributed by atoms with Crippen LogP contribution in [0.5, 0.6) is 5.75 Å². The van der Waals surface area contributed by atoms with E-state index in [1.54, 1.807) is 0 Å². The van der Waals surface area contributed by atoms with E-state index in [1.165, 1.54) is 0 Å². The summed E-state index contributed by atoms with van der Waals surface area (Å²) in [5.41, 5.74) is 1.96. The molecule has 1 aromatic carbocycles. The first-order valence-electron chi connectivity index (χ1n) is 4.91. The first-order valence-corrected chi connectivity index (χ1v) is 4.91. The second-order valence-corrected chi connectivity index (χ2v) is 3.52. The number of fused-ring (bicyclic) bond motifs is 1. The molecular formula is C11H14O3. The van der Waals surface area contributed by atoms with Crippen molar-refractivity contribution in [3.05, 3.63) is 29.3 Å². The summed E-state index contributed by atoms with van der Waals surface area (Å²) in [6.45, 7) is 2.53. The number of aliphatic hydroxyl groups excluding tert-OH is 1. The summed E-state index contributed by atoms with van der Waals surface area (Å²) >= 11 is 0. The molecule has 1 aromatic rings. The molecule has 14 heavy (non-hydrogen) atoms. The normalized spacial score (nSPS) is 16.1. The van der Waals surface area contributed by atoms with Gasteiger partial charge in [0.05, 0.1) is 6.10 Å². The quantitative estimate of drug-likeness (QED) is 0.750. The minimum absolute atomic E-state index is 0.370. The van der Waals surface area contributed by atoms with E-state index in [-0.39, 0.29) is 6.10 Å². The average Bonchev–Trinajstić information content (AvgIpc) is 2.64. The molecule has 76 valence electrons. The molecule has 1 aliphatic rings. The molecule has 0 amide bonds. The molecule has 0 spiro atoms. The second kappa shape index (κ2) is 3.98. The Kier molecular flexibility index (Phi) is 2.70. The number of rotatable bonds is 3. The topological polar surface area (TPSA) is 38.7 Å². The molecule has 0 bridgehead atoms. The zero-order valence-corrected chi connectivity index (χ0v) is 8.19. The predicted molar refractivity (Wildman–Crippen MR) is 51.7 cm³/mol. The first-order chi connectivity index (χ1) is 6.81. The van der Waals surface area contributed by atoms with E-state index in [2.05, 4.69) is 6.92 Å². The van der Waals surface area contributed by atoms with Crippen molar-refractivity contribution >= 4 is 0 Å². The second-order valence-electron chi connectivity index (χ2n) is 3.52. The fourth-order valence-corrected chi connectivity index (χ4v) is 1.60. The van der Waals surface area contributed by atoms with Crippen LogP contribution in [-0.2, 0) is 11.5 Å². The molecule has 0 aromatic heterocycles. The van der Waals surface area contributed by atoms with Gasteiger partial charge < -0.3 is 9.99 Å². The van der Waals surface area contributed by atoms with E-state index >= 15 is 0 Å². The largest absolute Gasteiger partial charge is 0.388 e. The lowest BCUT2D eigenvalue weighted by molar-refractivity contribution is -0.194. The summed E-state index contributed by atoms with van der Waals surface area (Å²) in [5, 5.41) is 9.77. The van der Waals surface area contributed by atoms with Crippen molar-refractivity contribution in [1.29, 1.82) is 0 Å². The first kappa shape index (κ1) is 9.49. The highest BCUT2D eigenvalue weighted by atomic mass is 17.2. The zero-order chi connectivity index (χ0) is 9.97. The van der Waals surface area contributed by atoms with Gasteiger partial charge in [-0.25, -0.2) is 0 Å². The van der Waals surface area contributed by atoms with Gasteiger partial charge in [0, 0.05) is 5.56 Å². The smallest absolute Gasteiger partial charge is 0.171 e. The van der Waals surface area contributed by atoms with Crippen LogP contribution in [0.1, 0.15) is 37.0 Å². The lowest BCUT2D eigenvalue weighted by atomic mass is 10.0. The van der Waals surface area contributed by atoms with Gasteiger partial charge in [-0.05, 0) is 24.1 Å². The summed E-state index contributed by atoms with van der Waals surface area (Å²) in [5.74, 6) is 0.762. The highest BCUT2D eigenvalue weighted by Gasteiger charge is 2.16. The zero-order valence-electron chi connectivity index (χ0n) is 8.19. The van der Waals surface area contributed by atoms with Crippen LogP contribution in [0, 0.1) is 0 Å². The Morgan fingerprint density at radius 1 is 1.50 bits per heavy atom.